The maximum atomic E-state index is 12.3. The van der Waals surface area contributed by atoms with Gasteiger partial charge in [-0.1, -0.05) is 12.1 Å². The average Bonchev–Trinajstić information content (AvgIpc) is 2.63. The van der Waals surface area contributed by atoms with Crippen LogP contribution in [0.15, 0.2) is 60.6 Å². The van der Waals surface area contributed by atoms with Gasteiger partial charge in [-0.2, -0.15) is 5.26 Å². The number of carbonyl (C=O) groups is 2. The predicted molar refractivity (Wildman–Crippen MR) is 92.6 cm³/mol. The second-order valence-corrected chi connectivity index (χ2v) is 4.78. The number of rotatable bonds is 6. The summed E-state index contributed by atoms with van der Waals surface area (Å²) < 4.78 is 4.95. The fourth-order valence-corrected chi connectivity index (χ4v) is 1.92. The zero-order chi connectivity index (χ0) is 18.1. The average molecular weight is 336 g/mol. The highest BCUT2D eigenvalue weighted by atomic mass is 16.5. The van der Waals surface area contributed by atoms with Crippen molar-refractivity contribution in [3.8, 4) is 6.07 Å². The standard InChI is InChI=1S/C18H16N4O3/c1-2-25-18(24)15-7-3-4-8-16(15)22-17(23)13(10-19)11-21-14-6-5-9-20-12-14/h3-9,11-12,21H,2H2,1H3,(H,22,23)/b13-11-. The van der Waals surface area contributed by atoms with Crippen molar-refractivity contribution in [3.63, 3.8) is 0 Å². The van der Waals surface area contributed by atoms with Gasteiger partial charge in [-0.15, -0.1) is 0 Å². The summed E-state index contributed by atoms with van der Waals surface area (Å²) in [6.07, 6.45) is 4.44. The fourth-order valence-electron chi connectivity index (χ4n) is 1.92. The van der Waals surface area contributed by atoms with Crippen molar-refractivity contribution < 1.29 is 14.3 Å². The number of amides is 1. The summed E-state index contributed by atoms with van der Waals surface area (Å²) >= 11 is 0. The van der Waals surface area contributed by atoms with Crippen LogP contribution in [-0.4, -0.2) is 23.5 Å². The Balaban J connectivity index is 2.15. The first-order chi connectivity index (χ1) is 12.2. The van der Waals surface area contributed by atoms with Gasteiger partial charge in [0.2, 0.25) is 0 Å². The molecule has 0 fully saturated rings. The molecule has 0 aliphatic heterocycles. The zero-order valence-corrected chi connectivity index (χ0v) is 13.5. The number of anilines is 2. The number of esters is 1. The lowest BCUT2D eigenvalue weighted by molar-refractivity contribution is -0.112. The lowest BCUT2D eigenvalue weighted by Crippen LogP contribution is -2.17. The number of nitriles is 1. The molecule has 0 unspecified atom stereocenters. The van der Waals surface area contributed by atoms with E-state index in [0.717, 1.165) is 0 Å². The Kier molecular flexibility index (Phi) is 6.25. The Bertz CT molecular complexity index is 826. The molecule has 0 atom stereocenters. The quantitative estimate of drug-likeness (QED) is 0.477. The van der Waals surface area contributed by atoms with Crippen LogP contribution < -0.4 is 10.6 Å². The second kappa shape index (κ2) is 8.84. The van der Waals surface area contributed by atoms with Crippen molar-refractivity contribution in [2.75, 3.05) is 17.2 Å². The number of carbonyl (C=O) groups excluding carboxylic acids is 2. The highest BCUT2D eigenvalue weighted by molar-refractivity contribution is 6.09. The fraction of sp³-hybridized carbons (Fsp3) is 0.111. The van der Waals surface area contributed by atoms with Crippen molar-refractivity contribution in [3.05, 3.63) is 66.1 Å². The van der Waals surface area contributed by atoms with Crippen LogP contribution in [0.3, 0.4) is 0 Å². The molecule has 0 saturated heterocycles. The van der Waals surface area contributed by atoms with Crippen molar-refractivity contribution in [2.45, 2.75) is 6.92 Å². The number of nitrogens with zero attached hydrogens (tertiary/aromatic N) is 2. The van der Waals surface area contributed by atoms with Crippen LogP contribution in [0.5, 0.6) is 0 Å². The molecule has 7 nitrogen and oxygen atoms in total. The molecule has 1 heterocycles. The van der Waals surface area contributed by atoms with Crippen LogP contribution in [0.25, 0.3) is 0 Å². The summed E-state index contributed by atoms with van der Waals surface area (Å²) in [7, 11) is 0. The molecule has 2 N–H and O–H groups in total. The SMILES string of the molecule is CCOC(=O)c1ccccc1NC(=O)/C(C#N)=C\Nc1cccnc1. The Labute approximate surface area is 145 Å². The number of hydrogen-bond acceptors (Lipinski definition) is 6. The lowest BCUT2D eigenvalue weighted by Gasteiger charge is -2.10. The first-order valence-corrected chi connectivity index (χ1v) is 7.50. The van der Waals surface area contributed by atoms with E-state index in [4.69, 9.17) is 4.74 Å². The summed E-state index contributed by atoms with van der Waals surface area (Å²) in [5, 5.41) is 14.6. The van der Waals surface area contributed by atoms with E-state index in [1.54, 1.807) is 49.6 Å². The highest BCUT2D eigenvalue weighted by Crippen LogP contribution is 2.17. The third kappa shape index (κ3) is 4.91. The van der Waals surface area contributed by atoms with E-state index in [2.05, 4.69) is 15.6 Å². The Hall–Kier alpha value is -3.66. The van der Waals surface area contributed by atoms with Gasteiger partial charge in [0.05, 0.1) is 29.7 Å². The van der Waals surface area contributed by atoms with E-state index in [1.807, 2.05) is 6.07 Å². The van der Waals surface area contributed by atoms with E-state index < -0.39 is 11.9 Å². The molecule has 1 amide bonds. The number of hydrogen-bond donors (Lipinski definition) is 2. The highest BCUT2D eigenvalue weighted by Gasteiger charge is 2.16. The minimum Gasteiger partial charge on any atom is -0.462 e. The predicted octanol–water partition coefficient (Wildman–Crippen LogP) is 2.72. The van der Waals surface area contributed by atoms with Gasteiger partial charge in [-0.25, -0.2) is 4.79 Å². The molecule has 126 valence electrons. The van der Waals surface area contributed by atoms with Gasteiger partial charge in [0.25, 0.3) is 5.91 Å². The Morgan fingerprint density at radius 3 is 2.76 bits per heavy atom. The monoisotopic (exact) mass is 336 g/mol. The third-order valence-electron chi connectivity index (χ3n) is 3.08. The molecule has 2 aromatic rings. The van der Waals surface area contributed by atoms with Gasteiger partial charge in [0, 0.05) is 12.4 Å². The van der Waals surface area contributed by atoms with Gasteiger partial charge in [-0.05, 0) is 31.2 Å². The van der Waals surface area contributed by atoms with Gasteiger partial charge in [0.15, 0.2) is 0 Å². The van der Waals surface area contributed by atoms with Crippen LogP contribution in [0.1, 0.15) is 17.3 Å². The zero-order valence-electron chi connectivity index (χ0n) is 13.5. The Morgan fingerprint density at radius 1 is 1.28 bits per heavy atom. The number of ether oxygens (including phenoxy) is 1. The number of benzene rings is 1. The van der Waals surface area contributed by atoms with Gasteiger partial charge in [0.1, 0.15) is 11.6 Å². The van der Waals surface area contributed by atoms with E-state index in [-0.39, 0.29) is 23.4 Å². The topological polar surface area (TPSA) is 104 Å². The third-order valence-corrected chi connectivity index (χ3v) is 3.08. The molecule has 7 heteroatoms. The van der Waals surface area contributed by atoms with Crippen LogP contribution >= 0.6 is 0 Å². The molecule has 0 aliphatic rings. The number of pyridine rings is 1. The molecule has 2 rings (SSSR count). The van der Waals surface area contributed by atoms with Crippen LogP contribution in [-0.2, 0) is 9.53 Å². The number of nitrogens with one attached hydrogen (secondary N) is 2. The van der Waals surface area contributed by atoms with E-state index in [9.17, 15) is 14.9 Å². The van der Waals surface area contributed by atoms with Crippen molar-refractivity contribution >= 4 is 23.3 Å². The van der Waals surface area contributed by atoms with E-state index >= 15 is 0 Å². The molecule has 25 heavy (non-hydrogen) atoms. The lowest BCUT2D eigenvalue weighted by atomic mass is 10.1. The second-order valence-electron chi connectivity index (χ2n) is 4.78. The summed E-state index contributed by atoms with van der Waals surface area (Å²) in [4.78, 5) is 28.1. The van der Waals surface area contributed by atoms with Crippen LogP contribution in [0.4, 0.5) is 11.4 Å². The number of para-hydroxylation sites is 1. The molecule has 0 bridgehead atoms. The van der Waals surface area contributed by atoms with Crippen molar-refractivity contribution in [1.29, 1.82) is 5.26 Å². The molecule has 0 spiro atoms. The first-order valence-electron chi connectivity index (χ1n) is 7.50. The van der Waals surface area contributed by atoms with Gasteiger partial charge >= 0.3 is 5.97 Å². The summed E-state index contributed by atoms with van der Waals surface area (Å²) in [6.45, 7) is 1.92. The van der Waals surface area contributed by atoms with Crippen molar-refractivity contribution in [2.24, 2.45) is 0 Å². The summed E-state index contributed by atoms with van der Waals surface area (Å²) in [5.41, 5.74) is 0.973. The maximum Gasteiger partial charge on any atom is 0.340 e. The minimum absolute atomic E-state index is 0.150. The normalized spacial score (nSPS) is 10.5. The number of aromatic nitrogens is 1. The smallest absolute Gasteiger partial charge is 0.340 e. The molecule has 1 aromatic carbocycles. The van der Waals surface area contributed by atoms with Crippen LogP contribution in [0, 0.1) is 11.3 Å². The molecular formula is C18H16N4O3. The molecule has 0 aliphatic carbocycles. The Morgan fingerprint density at radius 2 is 2.08 bits per heavy atom. The van der Waals surface area contributed by atoms with Crippen molar-refractivity contribution in [1.82, 2.24) is 4.98 Å². The molecule has 1 aromatic heterocycles. The first kappa shape index (κ1) is 17.7. The minimum atomic E-state index is -0.643. The molecular weight excluding hydrogens is 320 g/mol. The van der Waals surface area contributed by atoms with Crippen LogP contribution in [0.2, 0.25) is 0 Å². The van der Waals surface area contributed by atoms with Gasteiger partial charge < -0.3 is 15.4 Å². The summed E-state index contributed by atoms with van der Waals surface area (Å²) in [6, 6.07) is 11.7. The molecule has 0 radical (unpaired) electrons. The molecule has 0 saturated carbocycles. The van der Waals surface area contributed by atoms with E-state index in [0.29, 0.717) is 5.69 Å². The maximum absolute atomic E-state index is 12.3. The largest absolute Gasteiger partial charge is 0.462 e. The summed E-state index contributed by atoms with van der Waals surface area (Å²) in [5.74, 6) is -1.19. The van der Waals surface area contributed by atoms with E-state index in [1.165, 1.54) is 12.3 Å². The van der Waals surface area contributed by atoms with Gasteiger partial charge in [-0.3, -0.25) is 9.78 Å².